The molecule has 0 atom stereocenters. The van der Waals surface area contributed by atoms with Crippen LogP contribution >= 0.6 is 0 Å². The van der Waals surface area contributed by atoms with E-state index in [1.54, 1.807) is 4.90 Å². The summed E-state index contributed by atoms with van der Waals surface area (Å²) in [5.74, 6) is -0.237. The van der Waals surface area contributed by atoms with Crippen molar-refractivity contribution in [1.82, 2.24) is 4.90 Å². The molecule has 0 unspecified atom stereocenters. The molecule has 0 bridgehead atoms. The number of hydrogen-bond donors (Lipinski definition) is 1. The van der Waals surface area contributed by atoms with Gasteiger partial charge in [0, 0.05) is 19.5 Å². The predicted molar refractivity (Wildman–Crippen MR) is 87.7 cm³/mol. The van der Waals surface area contributed by atoms with Gasteiger partial charge in [-0.2, -0.15) is 0 Å². The minimum Gasteiger partial charge on any atom is -0.482 e. The highest BCUT2D eigenvalue weighted by Crippen LogP contribution is 2.30. The molecule has 130 valence electrons. The number of benzene rings is 1. The van der Waals surface area contributed by atoms with E-state index in [4.69, 9.17) is 4.74 Å². The second-order valence-electron chi connectivity index (χ2n) is 6.01. The predicted octanol–water partition coefficient (Wildman–Crippen LogP) is 1.19. The van der Waals surface area contributed by atoms with Crippen LogP contribution < -0.4 is 10.1 Å². The van der Waals surface area contributed by atoms with Crippen molar-refractivity contribution in [2.24, 2.45) is 0 Å². The normalized spacial score (nSPS) is 17.7. The summed E-state index contributed by atoms with van der Waals surface area (Å²) in [7, 11) is -3.60. The Morgan fingerprint density at radius 2 is 1.96 bits per heavy atom. The number of carbonyl (C=O) groups is 2. The van der Waals surface area contributed by atoms with E-state index >= 15 is 0 Å². The first-order valence-electron chi connectivity index (χ1n) is 8.03. The maximum atomic E-state index is 12.5. The van der Waals surface area contributed by atoms with E-state index in [-0.39, 0.29) is 35.5 Å². The molecule has 0 saturated carbocycles. The van der Waals surface area contributed by atoms with E-state index < -0.39 is 9.84 Å². The molecule has 1 N–H and O–H groups in total. The van der Waals surface area contributed by atoms with Crippen LogP contribution in [0.15, 0.2) is 23.1 Å². The van der Waals surface area contributed by atoms with Crippen molar-refractivity contribution in [2.45, 2.75) is 30.6 Å². The van der Waals surface area contributed by atoms with E-state index in [2.05, 4.69) is 5.32 Å². The van der Waals surface area contributed by atoms with Crippen LogP contribution in [0.4, 0.5) is 5.69 Å². The van der Waals surface area contributed by atoms with Crippen LogP contribution in [0.1, 0.15) is 25.7 Å². The molecule has 0 spiro atoms. The number of nitrogens with zero attached hydrogens (tertiary/aromatic N) is 1. The first kappa shape index (κ1) is 16.8. The molecular weight excluding hydrogens is 332 g/mol. The third-order valence-electron chi connectivity index (χ3n) is 4.24. The molecule has 0 aromatic heterocycles. The molecule has 1 fully saturated rings. The third kappa shape index (κ3) is 3.69. The molecule has 2 amide bonds. The summed E-state index contributed by atoms with van der Waals surface area (Å²) >= 11 is 0. The summed E-state index contributed by atoms with van der Waals surface area (Å²) in [5.41, 5.74) is 0.342. The van der Waals surface area contributed by atoms with Crippen LogP contribution in [0.25, 0.3) is 0 Å². The highest BCUT2D eigenvalue weighted by molar-refractivity contribution is 7.91. The van der Waals surface area contributed by atoms with Crippen molar-refractivity contribution in [2.75, 3.05) is 30.8 Å². The summed E-state index contributed by atoms with van der Waals surface area (Å²) in [6.07, 6.45) is 3.04. The second-order valence-corrected chi connectivity index (χ2v) is 8.11. The lowest BCUT2D eigenvalue weighted by atomic mass is 10.1. The lowest BCUT2D eigenvalue weighted by Crippen LogP contribution is -2.36. The molecule has 1 aromatic carbocycles. The lowest BCUT2D eigenvalue weighted by Gasteiger charge is -2.26. The average Bonchev–Trinajstić information content (AvgIpc) is 2.59. The molecule has 24 heavy (non-hydrogen) atoms. The Labute approximate surface area is 140 Å². The first-order chi connectivity index (χ1) is 11.5. The van der Waals surface area contributed by atoms with Crippen molar-refractivity contribution < 1.29 is 22.7 Å². The van der Waals surface area contributed by atoms with Crippen LogP contribution in [-0.2, 0) is 19.4 Å². The number of amides is 2. The SMILES string of the molecule is O=C1COc2ccc(S(=O)(=O)CCC(=O)N3CCCCC3)cc2N1. The summed E-state index contributed by atoms with van der Waals surface area (Å²) < 4.78 is 30.1. The van der Waals surface area contributed by atoms with Crippen molar-refractivity contribution in [1.29, 1.82) is 0 Å². The third-order valence-corrected chi connectivity index (χ3v) is 5.95. The zero-order valence-corrected chi connectivity index (χ0v) is 14.1. The number of anilines is 1. The lowest BCUT2D eigenvalue weighted by molar-refractivity contribution is -0.131. The highest BCUT2D eigenvalue weighted by Gasteiger charge is 2.23. The van der Waals surface area contributed by atoms with Gasteiger partial charge < -0.3 is 15.0 Å². The van der Waals surface area contributed by atoms with Crippen LogP contribution in [-0.4, -0.2) is 50.6 Å². The monoisotopic (exact) mass is 352 g/mol. The Bertz CT molecular complexity index is 754. The average molecular weight is 352 g/mol. The summed E-state index contributed by atoms with van der Waals surface area (Å²) in [4.78, 5) is 25.3. The molecule has 1 aromatic rings. The van der Waals surface area contributed by atoms with Gasteiger partial charge in [0.2, 0.25) is 5.91 Å². The van der Waals surface area contributed by atoms with Gasteiger partial charge in [0.1, 0.15) is 5.75 Å². The van der Waals surface area contributed by atoms with Crippen LogP contribution in [0.5, 0.6) is 5.75 Å². The van der Waals surface area contributed by atoms with Crippen molar-refractivity contribution in [3.8, 4) is 5.75 Å². The van der Waals surface area contributed by atoms with Crippen LogP contribution in [0.3, 0.4) is 0 Å². The van der Waals surface area contributed by atoms with E-state index in [0.29, 0.717) is 24.5 Å². The fourth-order valence-electron chi connectivity index (χ4n) is 2.90. The smallest absolute Gasteiger partial charge is 0.262 e. The van der Waals surface area contributed by atoms with E-state index in [9.17, 15) is 18.0 Å². The molecule has 2 aliphatic heterocycles. The Morgan fingerprint density at radius 1 is 1.21 bits per heavy atom. The number of nitrogens with one attached hydrogen (secondary N) is 1. The van der Waals surface area contributed by atoms with Crippen molar-refractivity contribution in [3.05, 3.63) is 18.2 Å². The quantitative estimate of drug-likeness (QED) is 0.879. The maximum absolute atomic E-state index is 12.5. The van der Waals surface area contributed by atoms with Crippen LogP contribution in [0, 0.1) is 0 Å². The fraction of sp³-hybridized carbons (Fsp3) is 0.500. The molecule has 0 aliphatic carbocycles. The Hall–Kier alpha value is -2.09. The van der Waals surface area contributed by atoms with E-state index in [1.165, 1.54) is 18.2 Å². The van der Waals surface area contributed by atoms with Gasteiger partial charge in [-0.15, -0.1) is 0 Å². The van der Waals surface area contributed by atoms with E-state index in [1.807, 2.05) is 0 Å². The first-order valence-corrected chi connectivity index (χ1v) is 9.68. The summed E-state index contributed by atoms with van der Waals surface area (Å²) in [6, 6.07) is 4.35. The number of sulfone groups is 1. The number of hydrogen-bond acceptors (Lipinski definition) is 5. The van der Waals surface area contributed by atoms with Gasteiger partial charge >= 0.3 is 0 Å². The molecule has 3 rings (SSSR count). The van der Waals surface area contributed by atoms with Gasteiger partial charge in [0.05, 0.1) is 16.3 Å². The molecule has 7 nitrogen and oxygen atoms in total. The number of rotatable bonds is 4. The van der Waals surface area contributed by atoms with Gasteiger partial charge in [0.25, 0.3) is 5.91 Å². The number of fused-ring (bicyclic) bond motifs is 1. The highest BCUT2D eigenvalue weighted by atomic mass is 32.2. The zero-order chi connectivity index (χ0) is 17.2. The molecule has 2 aliphatic rings. The summed E-state index contributed by atoms with van der Waals surface area (Å²) in [6.45, 7) is 1.34. The number of likely N-dealkylation sites (tertiary alicyclic amines) is 1. The molecular formula is C16H20N2O5S. The molecule has 0 radical (unpaired) electrons. The van der Waals surface area contributed by atoms with Crippen LogP contribution in [0.2, 0.25) is 0 Å². The topological polar surface area (TPSA) is 92.8 Å². The number of carbonyl (C=O) groups excluding carboxylic acids is 2. The van der Waals surface area contributed by atoms with Gasteiger partial charge in [-0.05, 0) is 37.5 Å². The van der Waals surface area contributed by atoms with Gasteiger partial charge in [-0.25, -0.2) is 8.42 Å². The summed E-state index contributed by atoms with van der Waals surface area (Å²) in [5, 5.41) is 2.59. The minimum atomic E-state index is -3.60. The molecule has 1 saturated heterocycles. The Kier molecular flexibility index (Phi) is 4.75. The molecule has 2 heterocycles. The second kappa shape index (κ2) is 6.80. The van der Waals surface area contributed by atoms with E-state index in [0.717, 1.165) is 19.3 Å². The van der Waals surface area contributed by atoms with Gasteiger partial charge in [-0.3, -0.25) is 9.59 Å². The molecule has 8 heteroatoms. The number of piperidine rings is 1. The van der Waals surface area contributed by atoms with Crippen molar-refractivity contribution in [3.63, 3.8) is 0 Å². The van der Waals surface area contributed by atoms with Gasteiger partial charge in [-0.1, -0.05) is 0 Å². The Balaban J connectivity index is 1.68. The van der Waals surface area contributed by atoms with Crippen molar-refractivity contribution >= 4 is 27.3 Å². The number of ether oxygens (including phenoxy) is 1. The zero-order valence-electron chi connectivity index (χ0n) is 13.3. The van der Waals surface area contributed by atoms with Gasteiger partial charge in [0.15, 0.2) is 16.4 Å². The standard InChI is InChI=1S/C16H20N2O5S/c19-15-11-23-14-5-4-12(10-13(14)17-15)24(21,22)9-6-16(20)18-7-2-1-3-8-18/h4-5,10H,1-3,6-9,11H2,(H,17,19). The Morgan fingerprint density at radius 3 is 2.71 bits per heavy atom. The maximum Gasteiger partial charge on any atom is 0.262 e. The fourth-order valence-corrected chi connectivity index (χ4v) is 4.15. The minimum absolute atomic E-state index is 0.0255. The largest absolute Gasteiger partial charge is 0.482 e.